The number of esters is 1. The molecule has 0 aliphatic rings. The maximum Gasteiger partial charge on any atom is 0.305 e. The summed E-state index contributed by atoms with van der Waals surface area (Å²) in [6.45, 7) is 0. The number of aliphatic imine (C=N–C) groups is 1. The average molecular weight is 339 g/mol. The van der Waals surface area contributed by atoms with Crippen LogP contribution in [0.1, 0.15) is 19.3 Å². The molecule has 0 unspecified atom stereocenters. The molecule has 2 N–H and O–H groups in total. The molecule has 25 heavy (non-hydrogen) atoms. The van der Waals surface area contributed by atoms with Crippen LogP contribution < -0.4 is 10.9 Å². The predicted molar refractivity (Wildman–Crippen MR) is 97.6 cm³/mol. The van der Waals surface area contributed by atoms with Gasteiger partial charge in [-0.15, -0.1) is 0 Å². The quantitative estimate of drug-likeness (QED) is 0.334. The van der Waals surface area contributed by atoms with Crippen molar-refractivity contribution in [1.82, 2.24) is 5.43 Å². The van der Waals surface area contributed by atoms with Gasteiger partial charge in [0.25, 0.3) is 0 Å². The Labute approximate surface area is 146 Å². The van der Waals surface area contributed by atoms with Gasteiger partial charge in [0.1, 0.15) is 0 Å². The number of hydrazine groups is 1. The lowest BCUT2D eigenvalue weighted by molar-refractivity contribution is -0.140. The molecule has 0 fully saturated rings. The number of Topliss-reactive ketones (excluding diaryl/α,β-unsaturated/α-hetero) is 1. The molecule has 0 aromatic heterocycles. The van der Waals surface area contributed by atoms with E-state index in [1.165, 1.54) is 7.11 Å². The molecule has 0 aliphatic carbocycles. The van der Waals surface area contributed by atoms with Crippen LogP contribution in [0.25, 0.3) is 0 Å². The SMILES string of the molecule is COC(=O)CCCC(=O)C(=Nc1ccccc1)NNc1ccccc1. The summed E-state index contributed by atoms with van der Waals surface area (Å²) in [5.41, 5.74) is 7.31. The third-order valence-corrected chi connectivity index (χ3v) is 3.37. The zero-order valence-electron chi connectivity index (χ0n) is 14.1. The number of para-hydroxylation sites is 2. The fraction of sp³-hybridized carbons (Fsp3) is 0.211. The summed E-state index contributed by atoms with van der Waals surface area (Å²) in [6.07, 6.45) is 0.809. The van der Waals surface area contributed by atoms with Gasteiger partial charge in [0.05, 0.1) is 18.5 Å². The number of ether oxygens (including phenoxy) is 1. The fourth-order valence-electron chi connectivity index (χ4n) is 2.06. The van der Waals surface area contributed by atoms with Crippen LogP contribution in [0.5, 0.6) is 0 Å². The molecule has 2 rings (SSSR count). The molecule has 0 bridgehead atoms. The molecule has 0 amide bonds. The van der Waals surface area contributed by atoms with Gasteiger partial charge in [0.15, 0.2) is 11.6 Å². The smallest absolute Gasteiger partial charge is 0.305 e. The van der Waals surface area contributed by atoms with E-state index in [4.69, 9.17) is 0 Å². The number of carbonyl (C=O) groups excluding carboxylic acids is 2. The first-order valence-corrected chi connectivity index (χ1v) is 8.00. The monoisotopic (exact) mass is 339 g/mol. The van der Waals surface area contributed by atoms with Gasteiger partial charge in [-0.2, -0.15) is 0 Å². The van der Waals surface area contributed by atoms with Gasteiger partial charge in [0.2, 0.25) is 0 Å². The van der Waals surface area contributed by atoms with Crippen molar-refractivity contribution in [2.45, 2.75) is 19.3 Å². The highest BCUT2D eigenvalue weighted by Gasteiger charge is 2.13. The number of methoxy groups -OCH3 is 1. The first kappa shape index (κ1) is 18.2. The second-order valence-electron chi connectivity index (χ2n) is 5.26. The van der Waals surface area contributed by atoms with E-state index in [0.29, 0.717) is 12.1 Å². The van der Waals surface area contributed by atoms with Gasteiger partial charge in [-0.1, -0.05) is 36.4 Å². The van der Waals surface area contributed by atoms with Crippen LogP contribution in [0.4, 0.5) is 11.4 Å². The Kier molecular flexibility index (Phi) is 7.18. The van der Waals surface area contributed by atoms with E-state index < -0.39 is 0 Å². The van der Waals surface area contributed by atoms with Crippen LogP contribution in [0.15, 0.2) is 65.7 Å². The molecule has 0 radical (unpaired) electrons. The van der Waals surface area contributed by atoms with E-state index in [-0.39, 0.29) is 30.4 Å². The summed E-state index contributed by atoms with van der Waals surface area (Å²) >= 11 is 0. The number of hydrogen-bond acceptors (Lipinski definition) is 5. The van der Waals surface area contributed by atoms with Crippen molar-refractivity contribution >= 4 is 29.0 Å². The third kappa shape index (κ3) is 6.47. The first-order valence-electron chi connectivity index (χ1n) is 8.00. The molecule has 2 aromatic rings. The number of rotatable bonds is 8. The zero-order valence-corrected chi connectivity index (χ0v) is 14.1. The largest absolute Gasteiger partial charge is 0.469 e. The van der Waals surface area contributed by atoms with Crippen LogP contribution in [0, 0.1) is 0 Å². The highest BCUT2D eigenvalue weighted by atomic mass is 16.5. The maximum absolute atomic E-state index is 12.5. The van der Waals surface area contributed by atoms with Crippen molar-refractivity contribution in [3.63, 3.8) is 0 Å². The van der Waals surface area contributed by atoms with E-state index in [2.05, 4.69) is 20.6 Å². The summed E-state index contributed by atoms with van der Waals surface area (Å²) in [5.74, 6) is -0.319. The van der Waals surface area contributed by atoms with Gasteiger partial charge >= 0.3 is 5.97 Å². The first-order chi connectivity index (χ1) is 12.2. The second kappa shape index (κ2) is 9.87. The minimum absolute atomic E-state index is 0.184. The minimum atomic E-state index is -0.329. The standard InChI is InChI=1S/C19H21N3O3/c1-25-18(24)14-8-13-17(23)19(20-15-9-4-2-5-10-15)22-21-16-11-6-3-7-12-16/h2-7,9-12,21H,8,13-14H2,1H3,(H,20,22). The summed E-state index contributed by atoms with van der Waals surface area (Å²) in [5, 5.41) is 0. The number of nitrogens with zero attached hydrogens (tertiary/aromatic N) is 1. The zero-order chi connectivity index (χ0) is 17.9. The van der Waals surface area contributed by atoms with Crippen LogP contribution in [-0.2, 0) is 14.3 Å². The van der Waals surface area contributed by atoms with Crippen molar-refractivity contribution in [3.05, 3.63) is 60.7 Å². The van der Waals surface area contributed by atoms with Gasteiger partial charge in [-0.05, 0) is 30.7 Å². The van der Waals surface area contributed by atoms with Crippen molar-refractivity contribution in [2.75, 3.05) is 12.5 Å². The Balaban J connectivity index is 2.04. The number of ketones is 1. The Bertz CT molecular complexity index is 715. The molecular weight excluding hydrogens is 318 g/mol. The minimum Gasteiger partial charge on any atom is -0.469 e. The maximum atomic E-state index is 12.5. The lowest BCUT2D eigenvalue weighted by Crippen LogP contribution is -2.35. The van der Waals surface area contributed by atoms with Gasteiger partial charge in [0, 0.05) is 12.8 Å². The lowest BCUT2D eigenvalue weighted by Gasteiger charge is -2.11. The van der Waals surface area contributed by atoms with Crippen LogP contribution in [0.2, 0.25) is 0 Å². The van der Waals surface area contributed by atoms with Crippen molar-refractivity contribution in [2.24, 2.45) is 4.99 Å². The molecule has 2 aromatic carbocycles. The molecule has 0 atom stereocenters. The molecule has 0 saturated heterocycles. The van der Waals surface area contributed by atoms with E-state index in [1.807, 2.05) is 60.7 Å². The summed E-state index contributed by atoms with van der Waals surface area (Å²) in [7, 11) is 1.33. The summed E-state index contributed by atoms with van der Waals surface area (Å²) in [4.78, 5) is 28.0. The molecule has 0 aliphatic heterocycles. The molecule has 6 nitrogen and oxygen atoms in total. The Morgan fingerprint density at radius 3 is 2.24 bits per heavy atom. The van der Waals surface area contributed by atoms with Crippen molar-refractivity contribution in [1.29, 1.82) is 0 Å². The third-order valence-electron chi connectivity index (χ3n) is 3.37. The molecule has 130 valence electrons. The number of hydrogen-bond donors (Lipinski definition) is 2. The predicted octanol–water partition coefficient (Wildman–Crippen LogP) is 3.25. The highest BCUT2D eigenvalue weighted by Crippen LogP contribution is 2.11. The number of amidine groups is 1. The summed E-state index contributed by atoms with van der Waals surface area (Å²) in [6, 6.07) is 18.6. The van der Waals surface area contributed by atoms with E-state index in [0.717, 1.165) is 5.69 Å². The van der Waals surface area contributed by atoms with Crippen LogP contribution in [0.3, 0.4) is 0 Å². The van der Waals surface area contributed by atoms with E-state index >= 15 is 0 Å². The van der Waals surface area contributed by atoms with Gasteiger partial charge < -0.3 is 4.74 Å². The van der Waals surface area contributed by atoms with Gasteiger partial charge in [-0.3, -0.25) is 20.4 Å². The number of anilines is 1. The highest BCUT2D eigenvalue weighted by molar-refractivity contribution is 6.39. The number of carbonyl (C=O) groups is 2. The lowest BCUT2D eigenvalue weighted by atomic mass is 10.1. The van der Waals surface area contributed by atoms with Crippen LogP contribution >= 0.6 is 0 Å². The Morgan fingerprint density at radius 1 is 0.960 bits per heavy atom. The molecule has 0 saturated carbocycles. The van der Waals surface area contributed by atoms with Crippen molar-refractivity contribution in [3.8, 4) is 0 Å². The van der Waals surface area contributed by atoms with E-state index in [9.17, 15) is 9.59 Å². The Hall–Kier alpha value is -3.15. The summed E-state index contributed by atoms with van der Waals surface area (Å²) < 4.78 is 4.59. The fourth-order valence-corrected chi connectivity index (χ4v) is 2.06. The normalized spacial score (nSPS) is 10.8. The number of benzene rings is 2. The number of nitrogens with one attached hydrogen (secondary N) is 2. The van der Waals surface area contributed by atoms with Gasteiger partial charge in [-0.25, -0.2) is 4.99 Å². The molecular formula is C19H21N3O3. The van der Waals surface area contributed by atoms with Crippen molar-refractivity contribution < 1.29 is 14.3 Å². The average Bonchev–Trinajstić information content (AvgIpc) is 2.66. The Morgan fingerprint density at radius 2 is 1.60 bits per heavy atom. The molecule has 0 heterocycles. The van der Waals surface area contributed by atoms with E-state index in [1.54, 1.807) is 0 Å². The van der Waals surface area contributed by atoms with Crippen LogP contribution in [-0.4, -0.2) is 24.7 Å². The molecule has 0 spiro atoms. The molecule has 6 heteroatoms. The topological polar surface area (TPSA) is 79.8 Å². The second-order valence-corrected chi connectivity index (χ2v) is 5.26.